The molecule has 3 heteroatoms. The Kier molecular flexibility index (Phi) is 6.68. The van der Waals surface area contributed by atoms with Gasteiger partial charge in [0.05, 0.1) is 6.10 Å². The molecular weight excluding hydrogens is 433 g/mol. The first-order valence-electron chi connectivity index (χ1n) is 12.2. The smallest absolute Gasteiger partial charge is 0.192 e. The second-order valence-corrected chi connectivity index (χ2v) is 19.4. The van der Waals surface area contributed by atoms with Crippen molar-refractivity contribution < 1.29 is 4.43 Å². The number of hydrogen-bond acceptors (Lipinski definition) is 1. The van der Waals surface area contributed by atoms with Crippen LogP contribution in [0, 0.1) is 5.92 Å². The Labute approximate surface area is 202 Å². The summed E-state index contributed by atoms with van der Waals surface area (Å²) in [5.74, 6) is 0.558. The minimum Gasteiger partial charge on any atom is -0.410 e. The number of rotatable bonds is 6. The zero-order chi connectivity index (χ0) is 23.7. The summed E-state index contributed by atoms with van der Waals surface area (Å²) in [7, 11) is -4.24. The summed E-state index contributed by atoms with van der Waals surface area (Å²) >= 11 is 0. The van der Waals surface area contributed by atoms with Crippen LogP contribution in [0.15, 0.2) is 102 Å². The van der Waals surface area contributed by atoms with E-state index in [0.29, 0.717) is 5.92 Å². The van der Waals surface area contributed by atoms with Gasteiger partial charge >= 0.3 is 0 Å². The molecule has 33 heavy (non-hydrogen) atoms. The molecule has 0 aromatic heterocycles. The quantitative estimate of drug-likeness (QED) is 0.315. The zero-order valence-corrected chi connectivity index (χ0v) is 23.0. The Morgan fingerprint density at radius 1 is 0.727 bits per heavy atom. The Balaban J connectivity index is 1.91. The normalized spacial score (nSPS) is 20.5. The largest absolute Gasteiger partial charge is 0.410 e. The van der Waals surface area contributed by atoms with E-state index < -0.39 is 16.4 Å². The summed E-state index contributed by atoms with van der Waals surface area (Å²) in [6.07, 6.45) is 1.37. The van der Waals surface area contributed by atoms with Crippen LogP contribution in [0.25, 0.3) is 0 Å². The maximum absolute atomic E-state index is 6.97. The lowest BCUT2D eigenvalue weighted by Gasteiger charge is -2.47. The van der Waals surface area contributed by atoms with E-state index in [1.807, 2.05) is 0 Å². The Morgan fingerprint density at radius 2 is 1.12 bits per heavy atom. The van der Waals surface area contributed by atoms with Crippen molar-refractivity contribution in [1.82, 2.24) is 0 Å². The maximum atomic E-state index is 6.97. The lowest BCUT2D eigenvalue weighted by Crippen LogP contribution is -2.67. The molecule has 0 spiro atoms. The van der Waals surface area contributed by atoms with Crippen LogP contribution in [-0.2, 0) is 4.43 Å². The fourth-order valence-corrected chi connectivity index (χ4v) is 10.7. The Hall–Kier alpha value is -2.21. The minimum absolute atomic E-state index is 0.212. The van der Waals surface area contributed by atoms with Gasteiger partial charge in [0.1, 0.15) is 0 Å². The highest BCUT2D eigenvalue weighted by Crippen LogP contribution is 2.44. The van der Waals surface area contributed by atoms with Crippen molar-refractivity contribution in [2.45, 2.75) is 58.4 Å². The fraction of sp³-hybridized carbons (Fsp3) is 0.333. The summed E-state index contributed by atoms with van der Waals surface area (Å²) in [6, 6.07) is 33.5. The van der Waals surface area contributed by atoms with Crippen molar-refractivity contribution in [3.05, 3.63) is 102 Å². The van der Waals surface area contributed by atoms with E-state index in [4.69, 9.17) is 4.43 Å². The van der Waals surface area contributed by atoms with E-state index in [1.54, 1.807) is 0 Å². The third kappa shape index (κ3) is 4.59. The highest BCUT2D eigenvalue weighted by Gasteiger charge is 2.46. The monoisotopic (exact) mass is 470 g/mol. The molecular formula is C30H38OSi2. The summed E-state index contributed by atoms with van der Waals surface area (Å²) < 4.78 is 6.97. The molecule has 0 heterocycles. The van der Waals surface area contributed by atoms with Crippen LogP contribution >= 0.6 is 0 Å². The number of benzene rings is 3. The van der Waals surface area contributed by atoms with E-state index in [0.717, 1.165) is 6.42 Å². The van der Waals surface area contributed by atoms with Crippen LogP contribution in [0.5, 0.6) is 0 Å². The van der Waals surface area contributed by atoms with Crippen LogP contribution < -0.4 is 15.6 Å². The predicted octanol–water partition coefficient (Wildman–Crippen LogP) is 6.05. The summed E-state index contributed by atoms with van der Waals surface area (Å²) in [4.78, 5) is 0. The van der Waals surface area contributed by atoms with E-state index in [1.165, 1.54) is 21.1 Å². The fourth-order valence-electron chi connectivity index (χ4n) is 4.74. The van der Waals surface area contributed by atoms with E-state index in [9.17, 15) is 0 Å². The summed E-state index contributed by atoms with van der Waals surface area (Å²) in [6.45, 7) is 14.1. The van der Waals surface area contributed by atoms with Gasteiger partial charge in [-0.1, -0.05) is 124 Å². The summed E-state index contributed by atoms with van der Waals surface area (Å²) in [5, 5.41) is 4.50. The van der Waals surface area contributed by atoms with E-state index in [-0.39, 0.29) is 11.1 Å². The first-order valence-corrected chi connectivity index (χ1v) is 17.2. The van der Waals surface area contributed by atoms with Crippen molar-refractivity contribution >= 4 is 32.0 Å². The maximum Gasteiger partial charge on any atom is 0.192 e. The highest BCUT2D eigenvalue weighted by molar-refractivity contribution is 7.14. The average molecular weight is 471 g/mol. The molecule has 0 bridgehead atoms. The Morgan fingerprint density at radius 3 is 1.45 bits per heavy atom. The van der Waals surface area contributed by atoms with Crippen LogP contribution in [0.1, 0.15) is 34.1 Å². The van der Waals surface area contributed by atoms with Gasteiger partial charge in [-0.3, -0.25) is 0 Å². The lowest BCUT2D eigenvalue weighted by molar-refractivity contribution is 0.130. The molecule has 0 aliphatic heterocycles. The molecule has 0 N–H and O–H groups in total. The molecule has 1 fully saturated rings. The predicted molar refractivity (Wildman–Crippen MR) is 148 cm³/mol. The van der Waals surface area contributed by atoms with E-state index >= 15 is 0 Å². The van der Waals surface area contributed by atoms with Crippen molar-refractivity contribution in [1.29, 1.82) is 0 Å². The first-order chi connectivity index (χ1) is 15.6. The van der Waals surface area contributed by atoms with Crippen molar-refractivity contribution in [3.63, 3.8) is 0 Å². The molecule has 1 aliphatic carbocycles. The van der Waals surface area contributed by atoms with Gasteiger partial charge in [-0.15, -0.1) is 0 Å². The standard InChI is InChI=1S/C30H38OSi2/c1-24-22-29(31-32(5,6)30(2,3)4)28(24)23-33(25-16-10-7-11-17-25,26-18-12-8-13-19-26)27-20-14-9-15-21-27/h7-21,23-24,29H,22H2,1-6H3/b28-23+/t24-,29+/m0/s1. The van der Waals surface area contributed by atoms with Crippen LogP contribution in [0.2, 0.25) is 18.1 Å². The van der Waals surface area contributed by atoms with E-state index in [2.05, 4.69) is 137 Å². The van der Waals surface area contributed by atoms with Gasteiger partial charge in [-0.25, -0.2) is 0 Å². The SMILES string of the molecule is C[C@H]1C[C@@H](O[Si](C)(C)C(C)(C)C)/C1=C/[Si](c1ccccc1)(c1ccccc1)c1ccccc1. The topological polar surface area (TPSA) is 9.23 Å². The van der Waals surface area contributed by atoms with Gasteiger partial charge in [0.25, 0.3) is 0 Å². The lowest BCUT2D eigenvalue weighted by atomic mass is 9.79. The molecule has 1 aliphatic rings. The molecule has 0 radical (unpaired) electrons. The molecule has 4 rings (SSSR count). The molecule has 3 aromatic rings. The van der Waals surface area contributed by atoms with Crippen LogP contribution in [0.3, 0.4) is 0 Å². The van der Waals surface area contributed by atoms with Crippen molar-refractivity contribution in [3.8, 4) is 0 Å². The van der Waals surface area contributed by atoms with Gasteiger partial charge in [0.2, 0.25) is 0 Å². The molecule has 2 atom stereocenters. The van der Waals surface area contributed by atoms with Crippen LogP contribution in [-0.4, -0.2) is 22.5 Å². The third-order valence-corrected chi connectivity index (χ3v) is 16.8. The average Bonchev–Trinajstić information content (AvgIpc) is 2.80. The minimum atomic E-state index is -2.39. The highest BCUT2D eigenvalue weighted by atomic mass is 28.4. The molecule has 172 valence electrons. The van der Waals surface area contributed by atoms with Gasteiger partial charge in [0.15, 0.2) is 16.4 Å². The second-order valence-electron chi connectivity index (χ2n) is 11.1. The van der Waals surface area contributed by atoms with Crippen LogP contribution in [0.4, 0.5) is 0 Å². The molecule has 1 saturated carbocycles. The van der Waals surface area contributed by atoms with Gasteiger partial charge in [-0.05, 0) is 51.6 Å². The number of hydrogen-bond donors (Lipinski definition) is 0. The molecule has 3 aromatic carbocycles. The van der Waals surface area contributed by atoms with Gasteiger partial charge in [0, 0.05) is 0 Å². The molecule has 0 unspecified atom stereocenters. The molecule has 0 saturated heterocycles. The second kappa shape index (κ2) is 9.21. The Bertz CT molecular complexity index is 986. The third-order valence-electron chi connectivity index (χ3n) is 7.82. The summed E-state index contributed by atoms with van der Waals surface area (Å²) in [5.41, 5.74) is 4.18. The first kappa shape index (κ1) is 23.9. The van der Waals surface area contributed by atoms with Crippen molar-refractivity contribution in [2.24, 2.45) is 5.92 Å². The molecule has 1 nitrogen and oxygen atoms in total. The van der Waals surface area contributed by atoms with Gasteiger partial charge in [-0.2, -0.15) is 0 Å². The molecule has 0 amide bonds. The van der Waals surface area contributed by atoms with Crippen molar-refractivity contribution in [2.75, 3.05) is 0 Å². The van der Waals surface area contributed by atoms with Gasteiger partial charge < -0.3 is 4.43 Å². The zero-order valence-electron chi connectivity index (χ0n) is 21.0.